The molecule has 0 amide bonds. The normalized spacial score (nSPS) is 36.6. The van der Waals surface area contributed by atoms with Crippen molar-refractivity contribution in [3.63, 3.8) is 0 Å². The molecule has 0 radical (unpaired) electrons. The first-order valence-electron chi connectivity index (χ1n) is 35.7. The number of esters is 2. The molecule has 92 heavy (non-hydrogen) atoms. The minimum absolute atomic E-state index is 0.155. The highest BCUT2D eigenvalue weighted by atomic mass is 16.5. The van der Waals surface area contributed by atoms with Crippen LogP contribution in [0.1, 0.15) is 193 Å². The number of nitrogens with zero attached hydrogens (tertiary/aromatic N) is 2. The van der Waals surface area contributed by atoms with Crippen LogP contribution in [0, 0.1) is 92.7 Å². The third-order valence-electron chi connectivity index (χ3n) is 27.8. The maximum atomic E-state index is 13.6. The summed E-state index contributed by atoms with van der Waals surface area (Å²) in [4.78, 5) is 44.9. The third kappa shape index (κ3) is 10.7. The van der Waals surface area contributed by atoms with Crippen LogP contribution < -0.4 is 9.47 Å². The molecule has 2 aliphatic heterocycles. The number of benzene rings is 2. The van der Waals surface area contributed by atoms with E-state index in [9.17, 15) is 30.0 Å². The van der Waals surface area contributed by atoms with Gasteiger partial charge in [0.05, 0.1) is 47.2 Å². The number of H-pyrrole nitrogens is 2. The molecule has 3 aromatic heterocycles. The molecular formula is C80H98N4O8. The molecule has 20 atom stereocenters. The van der Waals surface area contributed by atoms with Crippen molar-refractivity contribution in [3.8, 4) is 33.8 Å². The van der Waals surface area contributed by atoms with E-state index in [0.717, 1.165) is 157 Å². The number of ether oxygens (including phenoxy) is 2. The van der Waals surface area contributed by atoms with Crippen molar-refractivity contribution in [3.05, 3.63) is 108 Å². The average molecular weight is 1240 g/mol. The number of aromatic nitrogens is 4. The maximum absolute atomic E-state index is 13.6. The molecule has 5 heterocycles. The van der Waals surface area contributed by atoms with Gasteiger partial charge in [-0.3, -0.25) is 9.59 Å². The Balaban J connectivity index is 0.604. The quantitative estimate of drug-likeness (QED) is 0.0507. The zero-order valence-electron chi connectivity index (χ0n) is 55.1. The summed E-state index contributed by atoms with van der Waals surface area (Å²) in [5, 5.41) is 45.4. The fourth-order valence-corrected chi connectivity index (χ4v) is 22.8. The SMILES string of the molecule is C[C@H](CCC(=O)Oc1ccc(-c2c3nc(cc4ccc([nH]4)c(-c4ccc(OC(=O)CC[C@@H](C)[C@H]5CC[C@H]6[C@@H]7CC[C@@H]8C[C@H](O)CC[C@]8(C)[C@H]7C[C@H](O)[C@]56C)cc4)c4nc(cc5ccc2[nH]5)C=C4)C=C3)cc1)[C@H]1CC[C@H]2[C@@H]3CC[C@@H]4C[C@H](O)CC[C@]4(C)[C@H]3C[C@H](O)[C@]12C. The first-order chi connectivity index (χ1) is 44.3. The Morgan fingerprint density at radius 2 is 0.913 bits per heavy atom. The van der Waals surface area contributed by atoms with E-state index in [1.165, 1.54) is 25.7 Å². The molecule has 5 aromatic rings. The molecule has 6 N–H and O–H groups in total. The number of aliphatic hydroxyl groups excluding tert-OH is 4. The molecule has 486 valence electrons. The lowest BCUT2D eigenvalue weighted by Crippen LogP contribution is -2.58. The molecule has 0 unspecified atom stereocenters. The molecule has 8 aliphatic carbocycles. The number of hydrogen-bond donors (Lipinski definition) is 6. The van der Waals surface area contributed by atoms with Crippen LogP contribution >= 0.6 is 0 Å². The zero-order valence-corrected chi connectivity index (χ0v) is 55.1. The number of carbonyl (C=O) groups excluding carboxylic acids is 2. The molecule has 2 aromatic carbocycles. The molecule has 8 fully saturated rings. The minimum Gasteiger partial charge on any atom is -0.427 e. The molecule has 10 aliphatic rings. The third-order valence-corrected chi connectivity index (χ3v) is 27.8. The molecule has 0 spiro atoms. The first-order valence-corrected chi connectivity index (χ1v) is 35.7. The van der Waals surface area contributed by atoms with Crippen LogP contribution in [-0.4, -0.2) is 76.7 Å². The number of fused-ring (bicyclic) bond motifs is 18. The van der Waals surface area contributed by atoms with Crippen LogP contribution in [0.2, 0.25) is 0 Å². The predicted molar refractivity (Wildman–Crippen MR) is 363 cm³/mol. The van der Waals surface area contributed by atoms with Gasteiger partial charge in [-0.2, -0.15) is 0 Å². The van der Waals surface area contributed by atoms with Gasteiger partial charge in [-0.25, -0.2) is 9.97 Å². The van der Waals surface area contributed by atoms with Crippen LogP contribution in [-0.2, 0) is 9.59 Å². The van der Waals surface area contributed by atoms with Crippen LogP contribution in [0.4, 0.5) is 0 Å². The summed E-state index contributed by atoms with van der Waals surface area (Å²) >= 11 is 0. The summed E-state index contributed by atoms with van der Waals surface area (Å²) in [6.45, 7) is 14.3. The van der Waals surface area contributed by atoms with Crippen molar-refractivity contribution in [2.24, 2.45) is 92.7 Å². The van der Waals surface area contributed by atoms with Crippen LogP contribution in [0.15, 0.2) is 84.9 Å². The Hall–Kier alpha value is -6.18. The number of hydrogen-bond acceptors (Lipinski definition) is 10. The first kappa shape index (κ1) is 62.0. The highest BCUT2D eigenvalue weighted by Gasteiger charge is 2.65. The monoisotopic (exact) mass is 1240 g/mol. The summed E-state index contributed by atoms with van der Waals surface area (Å²) < 4.78 is 12.1. The van der Waals surface area contributed by atoms with Crippen LogP contribution in [0.3, 0.4) is 0 Å². The number of aliphatic hydroxyl groups is 4. The highest BCUT2D eigenvalue weighted by Crippen LogP contribution is 2.70. The van der Waals surface area contributed by atoms with Gasteiger partial charge in [0.2, 0.25) is 0 Å². The van der Waals surface area contributed by atoms with Crippen molar-refractivity contribution < 1.29 is 39.5 Å². The number of nitrogens with one attached hydrogen (secondary N) is 2. The van der Waals surface area contributed by atoms with Gasteiger partial charge in [0.15, 0.2) is 0 Å². The van der Waals surface area contributed by atoms with Crippen LogP contribution in [0.5, 0.6) is 11.5 Å². The molecule has 0 saturated heterocycles. The van der Waals surface area contributed by atoms with Crippen molar-refractivity contribution >= 4 is 58.3 Å². The van der Waals surface area contributed by atoms with E-state index >= 15 is 0 Å². The Labute approximate surface area is 543 Å². The number of aromatic amines is 2. The van der Waals surface area contributed by atoms with Gasteiger partial charge in [-0.05, 0) is 304 Å². The molecule has 8 saturated carbocycles. The largest absolute Gasteiger partial charge is 0.427 e. The van der Waals surface area contributed by atoms with Gasteiger partial charge in [0.25, 0.3) is 0 Å². The molecular weight excluding hydrogens is 1140 g/mol. The molecule has 12 nitrogen and oxygen atoms in total. The zero-order chi connectivity index (χ0) is 63.6. The Bertz CT molecular complexity index is 3620. The van der Waals surface area contributed by atoms with E-state index in [0.29, 0.717) is 83.5 Å². The number of rotatable bonds is 12. The standard InChI is InChI=1S/C80H98N4O8/c1-45(61-25-27-63-59-23-13-49-39-55(85)35-37-77(49,3)65(59)43-71(87)79(61,63)5)7-33-73(89)91-57-19-9-47(10-20-57)75-67-29-15-51(81-67)41-53-17-31-69(83-53)76(70-32-18-54(84-70)42-52-16-30-68(75)82-52)48-11-21-58(22-12-48)92-74(90)34-8-46(2)62-26-28-64-60-24-14-50-40-56(86)36-38-78(50,4)66(60)44-72(88)80(62,64)6/h9-12,15-22,29-32,41-42,45-46,49-50,55-56,59-66,71-72,81,84-88H,7-8,13-14,23-28,33-40,43-44H2,1-6H3/t45-,46-,49-,50-,55-,56-,59+,60+,61-,62-,63+,64+,65+,66+,71+,72+,77+,78+,79-,80-/m1/s1. The van der Waals surface area contributed by atoms with Crippen molar-refractivity contribution in [1.82, 2.24) is 19.9 Å². The summed E-state index contributed by atoms with van der Waals surface area (Å²) in [6.07, 6.45) is 25.9. The predicted octanol–water partition coefficient (Wildman–Crippen LogP) is 16.6. The summed E-state index contributed by atoms with van der Waals surface area (Å²) in [6, 6.07) is 27.8. The summed E-state index contributed by atoms with van der Waals surface area (Å²) in [7, 11) is 0. The fourth-order valence-electron chi connectivity index (χ4n) is 22.8. The van der Waals surface area contributed by atoms with Gasteiger partial charge >= 0.3 is 11.9 Å². The van der Waals surface area contributed by atoms with Gasteiger partial charge in [-0.1, -0.05) is 65.8 Å². The second-order valence-electron chi connectivity index (χ2n) is 32.0. The second-order valence-corrected chi connectivity index (χ2v) is 32.0. The van der Waals surface area contributed by atoms with Gasteiger partial charge in [0.1, 0.15) is 11.5 Å². The topological polar surface area (TPSA) is 191 Å². The lowest BCUT2D eigenvalue weighted by Gasteiger charge is -2.62. The van der Waals surface area contributed by atoms with Crippen LogP contribution in [0.25, 0.3) is 68.6 Å². The van der Waals surface area contributed by atoms with Crippen molar-refractivity contribution in [2.45, 2.75) is 194 Å². The van der Waals surface area contributed by atoms with Gasteiger partial charge in [-0.15, -0.1) is 0 Å². The Kier molecular flexibility index (Phi) is 16.1. The van der Waals surface area contributed by atoms with E-state index in [1.807, 2.05) is 85.0 Å². The van der Waals surface area contributed by atoms with E-state index < -0.39 is 0 Å². The van der Waals surface area contributed by atoms with Gasteiger partial charge < -0.3 is 39.9 Å². The van der Waals surface area contributed by atoms with E-state index in [1.54, 1.807) is 0 Å². The van der Waals surface area contributed by atoms with Crippen molar-refractivity contribution in [2.75, 3.05) is 0 Å². The molecule has 15 rings (SSSR count). The molecule has 12 heteroatoms. The fraction of sp³-hybridized carbons (Fsp3) is 0.575. The highest BCUT2D eigenvalue weighted by molar-refractivity contribution is 5.93. The van der Waals surface area contributed by atoms with E-state index in [-0.39, 0.29) is 69.9 Å². The Morgan fingerprint density at radius 1 is 0.500 bits per heavy atom. The number of carbonyl (C=O) groups is 2. The maximum Gasteiger partial charge on any atom is 0.311 e. The molecule has 8 bridgehead atoms. The second kappa shape index (κ2) is 23.9. The van der Waals surface area contributed by atoms with Gasteiger partial charge in [0, 0.05) is 46.0 Å². The lowest BCUT2D eigenvalue weighted by atomic mass is 9.43. The Morgan fingerprint density at radius 3 is 1.33 bits per heavy atom. The lowest BCUT2D eigenvalue weighted by molar-refractivity contribution is -0.175. The van der Waals surface area contributed by atoms with E-state index in [2.05, 4.69) is 75.8 Å². The van der Waals surface area contributed by atoms with E-state index in [4.69, 9.17) is 19.4 Å². The average Bonchev–Trinajstić information content (AvgIpc) is 1.68. The van der Waals surface area contributed by atoms with Crippen molar-refractivity contribution in [1.29, 1.82) is 0 Å². The summed E-state index contributed by atoms with van der Waals surface area (Å²) in [5.41, 5.74) is 10.5. The minimum atomic E-state index is -0.351. The smallest absolute Gasteiger partial charge is 0.311 e. The summed E-state index contributed by atoms with van der Waals surface area (Å²) in [5.74, 6) is 6.18.